The van der Waals surface area contributed by atoms with Gasteiger partial charge in [0.1, 0.15) is 5.82 Å². The van der Waals surface area contributed by atoms with Crippen LogP contribution in [0.2, 0.25) is 10.0 Å². The van der Waals surface area contributed by atoms with Crippen molar-refractivity contribution in [3.8, 4) is 0 Å². The Bertz CT molecular complexity index is 699. The highest BCUT2D eigenvalue weighted by Gasteiger charge is 2.23. The van der Waals surface area contributed by atoms with Crippen LogP contribution in [0.25, 0.3) is 0 Å². The molecule has 7 heteroatoms. The van der Waals surface area contributed by atoms with Gasteiger partial charge >= 0.3 is 0 Å². The zero-order valence-corrected chi connectivity index (χ0v) is 12.9. The van der Waals surface area contributed by atoms with Crippen LogP contribution in [0.15, 0.2) is 18.2 Å². The van der Waals surface area contributed by atoms with E-state index in [0.29, 0.717) is 15.6 Å². The average molecular weight is 328 g/mol. The van der Waals surface area contributed by atoms with E-state index in [1.807, 2.05) is 7.05 Å². The first-order chi connectivity index (χ1) is 9.56. The van der Waals surface area contributed by atoms with E-state index in [-0.39, 0.29) is 5.91 Å². The first-order valence-corrected chi connectivity index (χ1v) is 7.86. The van der Waals surface area contributed by atoms with Crippen LogP contribution in [-0.4, -0.2) is 15.7 Å². The molecule has 0 fully saturated rings. The number of thioether (sulfide) groups is 1. The van der Waals surface area contributed by atoms with Gasteiger partial charge in [0.25, 0.3) is 5.91 Å². The lowest BCUT2D eigenvalue weighted by Gasteiger charge is -2.09. The van der Waals surface area contributed by atoms with Crippen LogP contribution in [0, 0.1) is 0 Å². The van der Waals surface area contributed by atoms with Crippen molar-refractivity contribution in [3.05, 3.63) is 45.1 Å². The van der Waals surface area contributed by atoms with Gasteiger partial charge < -0.3 is 5.32 Å². The number of amides is 1. The van der Waals surface area contributed by atoms with Gasteiger partial charge in [-0.05, 0) is 18.2 Å². The fraction of sp³-hybridized carbons (Fsp3) is 0.231. The smallest absolute Gasteiger partial charge is 0.258 e. The van der Waals surface area contributed by atoms with Gasteiger partial charge in [-0.25, -0.2) is 0 Å². The van der Waals surface area contributed by atoms with Gasteiger partial charge in [0.05, 0.1) is 16.3 Å². The zero-order valence-electron chi connectivity index (χ0n) is 10.6. The fourth-order valence-electron chi connectivity index (χ4n) is 2.15. The molecule has 1 aromatic carbocycles. The Morgan fingerprint density at radius 3 is 2.95 bits per heavy atom. The van der Waals surface area contributed by atoms with E-state index >= 15 is 0 Å². The summed E-state index contributed by atoms with van der Waals surface area (Å²) in [4.78, 5) is 12.3. The van der Waals surface area contributed by atoms with Gasteiger partial charge in [-0.1, -0.05) is 23.2 Å². The molecule has 0 atom stereocenters. The van der Waals surface area contributed by atoms with Crippen molar-refractivity contribution in [2.45, 2.75) is 11.5 Å². The largest absolute Gasteiger partial charge is 0.306 e. The first-order valence-electron chi connectivity index (χ1n) is 5.95. The minimum Gasteiger partial charge on any atom is -0.306 e. The number of fused-ring (bicyclic) bond motifs is 1. The van der Waals surface area contributed by atoms with Crippen molar-refractivity contribution in [3.63, 3.8) is 0 Å². The summed E-state index contributed by atoms with van der Waals surface area (Å²) in [6.07, 6.45) is 0. The molecule has 1 amide bonds. The highest BCUT2D eigenvalue weighted by Crippen LogP contribution is 2.34. The molecule has 1 aliphatic heterocycles. The molecule has 0 spiro atoms. The number of nitrogens with zero attached hydrogens (tertiary/aromatic N) is 2. The number of nitrogens with one attached hydrogen (secondary N) is 1. The quantitative estimate of drug-likeness (QED) is 0.914. The molecule has 2 heterocycles. The molecule has 0 unspecified atom stereocenters. The SMILES string of the molecule is Cn1nc2c(c1NC(=O)c1ccc(Cl)cc1Cl)CSC2. The van der Waals surface area contributed by atoms with Crippen LogP contribution in [0.4, 0.5) is 5.82 Å². The number of aryl methyl sites for hydroxylation is 1. The molecule has 1 N–H and O–H groups in total. The molecule has 0 aliphatic carbocycles. The molecule has 20 heavy (non-hydrogen) atoms. The lowest BCUT2D eigenvalue weighted by molar-refractivity contribution is 0.102. The summed E-state index contributed by atoms with van der Waals surface area (Å²) >= 11 is 13.7. The summed E-state index contributed by atoms with van der Waals surface area (Å²) in [6, 6.07) is 4.82. The van der Waals surface area contributed by atoms with Crippen LogP contribution in [-0.2, 0) is 18.6 Å². The van der Waals surface area contributed by atoms with Crippen molar-refractivity contribution in [2.24, 2.45) is 7.05 Å². The highest BCUT2D eigenvalue weighted by atomic mass is 35.5. The summed E-state index contributed by atoms with van der Waals surface area (Å²) in [5.41, 5.74) is 2.53. The number of benzene rings is 1. The topological polar surface area (TPSA) is 46.9 Å². The van der Waals surface area contributed by atoms with Crippen molar-refractivity contribution in [1.82, 2.24) is 9.78 Å². The second kappa shape index (κ2) is 5.31. The molecule has 3 rings (SSSR count). The van der Waals surface area contributed by atoms with Crippen molar-refractivity contribution in [1.29, 1.82) is 0 Å². The van der Waals surface area contributed by atoms with Crippen LogP contribution in [0.1, 0.15) is 21.6 Å². The maximum Gasteiger partial charge on any atom is 0.258 e. The fourth-order valence-corrected chi connectivity index (χ4v) is 3.67. The van der Waals surface area contributed by atoms with Gasteiger partial charge in [0.2, 0.25) is 0 Å². The number of aromatic nitrogens is 2. The third-order valence-electron chi connectivity index (χ3n) is 3.12. The molecule has 1 aliphatic rings. The molecular formula is C13H11Cl2N3OS. The predicted octanol–water partition coefficient (Wildman–Crippen LogP) is 3.73. The van der Waals surface area contributed by atoms with Crippen molar-refractivity contribution in [2.75, 3.05) is 5.32 Å². The minimum absolute atomic E-state index is 0.255. The molecule has 0 radical (unpaired) electrons. The minimum atomic E-state index is -0.255. The van der Waals surface area contributed by atoms with Crippen molar-refractivity contribution < 1.29 is 4.79 Å². The number of hydrogen-bond donors (Lipinski definition) is 1. The summed E-state index contributed by atoms with van der Waals surface area (Å²) in [6.45, 7) is 0. The maximum absolute atomic E-state index is 12.3. The summed E-state index contributed by atoms with van der Waals surface area (Å²) < 4.78 is 1.70. The molecule has 0 saturated carbocycles. The Kier molecular flexibility index (Phi) is 3.67. The van der Waals surface area contributed by atoms with E-state index < -0.39 is 0 Å². The monoisotopic (exact) mass is 327 g/mol. The Labute approximate surface area is 130 Å². The van der Waals surface area contributed by atoms with Crippen LogP contribution >= 0.6 is 35.0 Å². The normalized spacial score (nSPS) is 13.3. The average Bonchev–Trinajstić information content (AvgIpc) is 2.92. The standard InChI is InChI=1S/C13H11Cl2N3OS/c1-18-12(9-5-20-6-11(9)17-18)16-13(19)8-3-2-7(14)4-10(8)15/h2-4H,5-6H2,1H3,(H,16,19). The molecular weight excluding hydrogens is 317 g/mol. The number of rotatable bonds is 2. The number of anilines is 1. The van der Waals surface area contributed by atoms with Gasteiger partial charge in [-0.3, -0.25) is 9.48 Å². The third-order valence-corrected chi connectivity index (χ3v) is 4.64. The summed E-state index contributed by atoms with van der Waals surface area (Å²) in [5, 5.41) is 8.13. The molecule has 1 aromatic heterocycles. The number of carbonyl (C=O) groups excluding carboxylic acids is 1. The van der Waals surface area contributed by atoms with Crippen molar-refractivity contribution >= 4 is 46.7 Å². The Morgan fingerprint density at radius 1 is 1.40 bits per heavy atom. The highest BCUT2D eigenvalue weighted by molar-refractivity contribution is 7.98. The Balaban J connectivity index is 1.90. The lowest BCUT2D eigenvalue weighted by Crippen LogP contribution is -2.16. The maximum atomic E-state index is 12.3. The zero-order chi connectivity index (χ0) is 14.3. The first kappa shape index (κ1) is 13.8. The number of hydrogen-bond acceptors (Lipinski definition) is 3. The van der Waals surface area contributed by atoms with Crippen LogP contribution in [0.5, 0.6) is 0 Å². The third kappa shape index (κ3) is 2.41. The number of carbonyl (C=O) groups is 1. The molecule has 4 nitrogen and oxygen atoms in total. The van der Waals surface area contributed by atoms with E-state index in [1.54, 1.807) is 34.6 Å². The number of halogens is 2. The predicted molar refractivity (Wildman–Crippen MR) is 82.6 cm³/mol. The molecule has 0 bridgehead atoms. The van der Waals surface area contributed by atoms with Crippen LogP contribution in [0.3, 0.4) is 0 Å². The van der Waals surface area contributed by atoms with E-state index in [9.17, 15) is 4.79 Å². The Morgan fingerprint density at radius 2 is 2.20 bits per heavy atom. The van der Waals surface area contributed by atoms with E-state index in [2.05, 4.69) is 10.4 Å². The van der Waals surface area contributed by atoms with E-state index in [1.165, 1.54) is 0 Å². The van der Waals surface area contributed by atoms with Gasteiger partial charge in [0.15, 0.2) is 0 Å². The molecule has 2 aromatic rings. The summed E-state index contributed by atoms with van der Waals surface area (Å²) in [7, 11) is 1.82. The van der Waals surface area contributed by atoms with Gasteiger partial charge in [-0.15, -0.1) is 0 Å². The van der Waals surface area contributed by atoms with E-state index in [0.717, 1.165) is 28.6 Å². The summed E-state index contributed by atoms with van der Waals surface area (Å²) in [5.74, 6) is 2.24. The lowest BCUT2D eigenvalue weighted by atomic mass is 10.2. The second-order valence-corrected chi connectivity index (χ2v) is 6.30. The van der Waals surface area contributed by atoms with Crippen LogP contribution < -0.4 is 5.32 Å². The molecule has 0 saturated heterocycles. The van der Waals surface area contributed by atoms with E-state index in [4.69, 9.17) is 23.2 Å². The van der Waals surface area contributed by atoms with Gasteiger partial charge in [-0.2, -0.15) is 16.9 Å². The van der Waals surface area contributed by atoms with Gasteiger partial charge in [0, 0.05) is 29.1 Å². The Hall–Kier alpha value is -1.17. The molecule has 104 valence electrons. The second-order valence-electron chi connectivity index (χ2n) is 4.47.